The summed E-state index contributed by atoms with van der Waals surface area (Å²) in [5.74, 6) is -0.00480. The summed E-state index contributed by atoms with van der Waals surface area (Å²) in [7, 11) is 1.48. The van der Waals surface area contributed by atoms with Crippen LogP contribution in [0.25, 0.3) is 0 Å². The van der Waals surface area contributed by atoms with E-state index in [1.54, 1.807) is 6.07 Å². The molecule has 1 aromatic rings. The maximum atomic E-state index is 13.1. The number of methoxy groups -OCH3 is 1. The average molecular weight is 204 g/mol. The van der Waals surface area contributed by atoms with Gasteiger partial charge in [0.1, 0.15) is 11.6 Å². The SMILES string of the molecule is COc1cc(F)c(Cl)c(CCN)c1. The van der Waals surface area contributed by atoms with Crippen molar-refractivity contribution in [2.75, 3.05) is 13.7 Å². The van der Waals surface area contributed by atoms with Crippen LogP contribution in [0.2, 0.25) is 5.02 Å². The van der Waals surface area contributed by atoms with Crippen molar-refractivity contribution in [3.8, 4) is 5.75 Å². The van der Waals surface area contributed by atoms with Crippen LogP contribution >= 0.6 is 11.6 Å². The molecule has 0 aliphatic carbocycles. The molecule has 0 fully saturated rings. The van der Waals surface area contributed by atoms with Crippen molar-refractivity contribution in [2.24, 2.45) is 5.73 Å². The number of hydrogen-bond donors (Lipinski definition) is 1. The van der Waals surface area contributed by atoms with Crippen LogP contribution in [0.4, 0.5) is 4.39 Å². The third kappa shape index (κ3) is 2.32. The first-order valence-corrected chi connectivity index (χ1v) is 4.28. The maximum Gasteiger partial charge on any atom is 0.145 e. The zero-order chi connectivity index (χ0) is 9.84. The van der Waals surface area contributed by atoms with Gasteiger partial charge in [0.05, 0.1) is 12.1 Å². The second kappa shape index (κ2) is 4.44. The van der Waals surface area contributed by atoms with Crippen molar-refractivity contribution >= 4 is 11.6 Å². The van der Waals surface area contributed by atoms with Crippen LogP contribution in [-0.4, -0.2) is 13.7 Å². The third-order valence-corrected chi connectivity index (χ3v) is 2.15. The zero-order valence-corrected chi connectivity index (χ0v) is 8.07. The van der Waals surface area contributed by atoms with E-state index < -0.39 is 5.82 Å². The minimum Gasteiger partial charge on any atom is -0.497 e. The fraction of sp³-hybridized carbons (Fsp3) is 0.333. The van der Waals surface area contributed by atoms with Crippen LogP contribution in [0.5, 0.6) is 5.75 Å². The molecule has 0 aromatic heterocycles. The molecule has 13 heavy (non-hydrogen) atoms. The van der Waals surface area contributed by atoms with Gasteiger partial charge >= 0.3 is 0 Å². The molecule has 4 heteroatoms. The molecule has 0 saturated carbocycles. The number of hydrogen-bond acceptors (Lipinski definition) is 2. The summed E-state index contributed by atoms with van der Waals surface area (Å²) in [5, 5.41) is 0.131. The minimum atomic E-state index is -0.468. The van der Waals surface area contributed by atoms with Gasteiger partial charge in [-0.2, -0.15) is 0 Å². The number of halogens is 2. The van der Waals surface area contributed by atoms with Crippen molar-refractivity contribution in [3.63, 3.8) is 0 Å². The van der Waals surface area contributed by atoms with Crippen LogP contribution in [0, 0.1) is 5.82 Å². The van der Waals surface area contributed by atoms with Crippen molar-refractivity contribution in [3.05, 3.63) is 28.5 Å². The Balaban J connectivity index is 3.09. The molecule has 0 atom stereocenters. The molecule has 2 N–H and O–H groups in total. The highest BCUT2D eigenvalue weighted by atomic mass is 35.5. The quantitative estimate of drug-likeness (QED) is 0.816. The first-order valence-electron chi connectivity index (χ1n) is 3.91. The van der Waals surface area contributed by atoms with Gasteiger partial charge in [-0.05, 0) is 24.6 Å². The van der Waals surface area contributed by atoms with E-state index >= 15 is 0 Å². The fourth-order valence-corrected chi connectivity index (χ4v) is 1.28. The smallest absolute Gasteiger partial charge is 0.145 e. The standard InChI is InChI=1S/C9H11ClFNO/c1-13-7-4-6(2-3-12)9(10)8(11)5-7/h4-5H,2-3,12H2,1H3. The molecule has 1 rings (SSSR count). The predicted molar refractivity (Wildman–Crippen MR) is 50.7 cm³/mol. The lowest BCUT2D eigenvalue weighted by molar-refractivity contribution is 0.410. The van der Waals surface area contributed by atoms with Gasteiger partial charge in [0.25, 0.3) is 0 Å². The van der Waals surface area contributed by atoms with Gasteiger partial charge < -0.3 is 10.5 Å². The Labute approximate surface area is 81.4 Å². The molecule has 0 aliphatic heterocycles. The molecule has 0 radical (unpaired) electrons. The summed E-state index contributed by atoms with van der Waals surface area (Å²) >= 11 is 5.71. The van der Waals surface area contributed by atoms with Crippen LogP contribution in [0.1, 0.15) is 5.56 Å². The Hall–Kier alpha value is -0.800. The lowest BCUT2D eigenvalue weighted by atomic mass is 10.1. The van der Waals surface area contributed by atoms with E-state index in [2.05, 4.69) is 0 Å². The first-order chi connectivity index (χ1) is 6.19. The lowest BCUT2D eigenvalue weighted by Crippen LogP contribution is -2.04. The highest BCUT2D eigenvalue weighted by Crippen LogP contribution is 2.25. The summed E-state index contributed by atoms with van der Waals surface area (Å²) < 4.78 is 18.0. The van der Waals surface area contributed by atoms with Gasteiger partial charge in [-0.25, -0.2) is 4.39 Å². The fourth-order valence-electron chi connectivity index (χ4n) is 1.07. The van der Waals surface area contributed by atoms with Crippen molar-refractivity contribution in [2.45, 2.75) is 6.42 Å². The van der Waals surface area contributed by atoms with Gasteiger partial charge in [-0.15, -0.1) is 0 Å². The molecule has 1 aromatic carbocycles. The molecular weight excluding hydrogens is 193 g/mol. The van der Waals surface area contributed by atoms with E-state index in [4.69, 9.17) is 22.1 Å². The second-order valence-corrected chi connectivity index (χ2v) is 3.00. The van der Waals surface area contributed by atoms with Gasteiger partial charge in [0.2, 0.25) is 0 Å². The van der Waals surface area contributed by atoms with E-state index in [1.165, 1.54) is 13.2 Å². The topological polar surface area (TPSA) is 35.2 Å². The van der Waals surface area contributed by atoms with E-state index in [9.17, 15) is 4.39 Å². The molecule has 0 amide bonds. The van der Waals surface area contributed by atoms with Crippen molar-refractivity contribution < 1.29 is 9.13 Å². The molecule has 0 spiro atoms. The number of rotatable bonds is 3. The number of nitrogens with two attached hydrogens (primary N) is 1. The van der Waals surface area contributed by atoms with Crippen LogP contribution < -0.4 is 10.5 Å². The minimum absolute atomic E-state index is 0.131. The van der Waals surface area contributed by atoms with Gasteiger partial charge in [0, 0.05) is 6.07 Å². The van der Waals surface area contributed by atoms with E-state index in [-0.39, 0.29) is 5.02 Å². The molecule has 2 nitrogen and oxygen atoms in total. The van der Waals surface area contributed by atoms with Crippen LogP contribution in [0.15, 0.2) is 12.1 Å². The Morgan fingerprint density at radius 2 is 2.23 bits per heavy atom. The first kappa shape index (κ1) is 10.3. The Kier molecular flexibility index (Phi) is 3.51. The molecule has 72 valence electrons. The van der Waals surface area contributed by atoms with Gasteiger partial charge in [-0.3, -0.25) is 0 Å². The molecular formula is C9H11ClFNO. The Bertz CT molecular complexity index is 304. The summed E-state index contributed by atoms with van der Waals surface area (Å²) in [4.78, 5) is 0. The molecule has 0 unspecified atom stereocenters. The molecule has 0 saturated heterocycles. The summed E-state index contributed by atoms with van der Waals surface area (Å²) in [6, 6.07) is 2.95. The maximum absolute atomic E-state index is 13.1. The van der Waals surface area contributed by atoms with E-state index in [0.717, 1.165) is 0 Å². The van der Waals surface area contributed by atoms with Crippen molar-refractivity contribution in [1.29, 1.82) is 0 Å². The van der Waals surface area contributed by atoms with E-state index in [0.29, 0.717) is 24.3 Å². The molecule has 0 bridgehead atoms. The highest BCUT2D eigenvalue weighted by molar-refractivity contribution is 6.31. The zero-order valence-electron chi connectivity index (χ0n) is 7.31. The average Bonchev–Trinajstić information content (AvgIpc) is 2.13. The van der Waals surface area contributed by atoms with Crippen LogP contribution in [0.3, 0.4) is 0 Å². The van der Waals surface area contributed by atoms with Crippen LogP contribution in [-0.2, 0) is 6.42 Å². The normalized spacial score (nSPS) is 10.2. The highest BCUT2D eigenvalue weighted by Gasteiger charge is 2.08. The summed E-state index contributed by atoms with van der Waals surface area (Å²) in [6.07, 6.45) is 0.549. The monoisotopic (exact) mass is 203 g/mol. The number of ether oxygens (including phenoxy) is 1. The lowest BCUT2D eigenvalue weighted by Gasteiger charge is -2.06. The molecule has 0 aliphatic rings. The van der Waals surface area contributed by atoms with Gasteiger partial charge in [-0.1, -0.05) is 11.6 Å². The Morgan fingerprint density at radius 3 is 2.77 bits per heavy atom. The third-order valence-electron chi connectivity index (χ3n) is 1.73. The van der Waals surface area contributed by atoms with Crippen molar-refractivity contribution in [1.82, 2.24) is 0 Å². The Morgan fingerprint density at radius 1 is 1.54 bits per heavy atom. The van der Waals surface area contributed by atoms with Gasteiger partial charge in [0.15, 0.2) is 0 Å². The van der Waals surface area contributed by atoms with E-state index in [1.807, 2.05) is 0 Å². The predicted octanol–water partition coefficient (Wildman–Crippen LogP) is 1.99. The summed E-state index contributed by atoms with van der Waals surface area (Å²) in [5.41, 5.74) is 6.03. The second-order valence-electron chi connectivity index (χ2n) is 2.62. The molecule has 0 heterocycles. The largest absolute Gasteiger partial charge is 0.497 e. The summed E-state index contributed by atoms with van der Waals surface area (Å²) in [6.45, 7) is 0.437. The number of benzene rings is 1.